The standard InChI is InChI=1S/C22H16ClF6N9O2/c1-10-6-11(23)7-13(18(39)30-2)16(10)32-19(40)15-8-12(9-37-35-20(33-36-37)22(27,28)29)34-38(15)17-14(21(24,25)26)4-3-5-31-17/h3-8H,9H2,1-2H3,(H,30,39)(H,32,40). The number of aromatic nitrogens is 7. The van der Waals surface area contributed by atoms with Crippen LogP contribution in [0.1, 0.15) is 43.5 Å². The molecule has 0 bridgehead atoms. The molecule has 4 rings (SSSR count). The van der Waals surface area contributed by atoms with Crippen LogP contribution in [0.3, 0.4) is 0 Å². The van der Waals surface area contributed by atoms with Crippen LogP contribution >= 0.6 is 11.6 Å². The van der Waals surface area contributed by atoms with Gasteiger partial charge in [0.1, 0.15) is 17.8 Å². The molecule has 1 aromatic carbocycles. The van der Waals surface area contributed by atoms with Gasteiger partial charge in [-0.3, -0.25) is 9.59 Å². The van der Waals surface area contributed by atoms with E-state index in [4.69, 9.17) is 11.6 Å². The van der Waals surface area contributed by atoms with E-state index >= 15 is 0 Å². The van der Waals surface area contributed by atoms with Gasteiger partial charge in [0.05, 0.1) is 16.9 Å². The molecule has 3 heterocycles. The Morgan fingerprint density at radius 1 is 1.02 bits per heavy atom. The highest BCUT2D eigenvalue weighted by Crippen LogP contribution is 2.33. The molecular formula is C22H16ClF6N9O2. The van der Waals surface area contributed by atoms with Crippen LogP contribution in [-0.2, 0) is 18.9 Å². The highest BCUT2D eigenvalue weighted by atomic mass is 35.5. The number of nitrogens with zero attached hydrogens (tertiary/aromatic N) is 7. The van der Waals surface area contributed by atoms with Crippen molar-refractivity contribution in [1.82, 2.24) is 40.3 Å². The number of carbonyl (C=O) groups excluding carboxylic acids is 2. The number of carbonyl (C=O) groups is 2. The number of nitrogens with one attached hydrogen (secondary N) is 2. The molecule has 0 spiro atoms. The Balaban J connectivity index is 1.82. The maximum atomic E-state index is 13.8. The number of hydrogen-bond acceptors (Lipinski definition) is 7. The largest absolute Gasteiger partial charge is 0.455 e. The summed E-state index contributed by atoms with van der Waals surface area (Å²) in [6, 6.07) is 5.49. The van der Waals surface area contributed by atoms with E-state index in [2.05, 4.69) is 36.1 Å². The van der Waals surface area contributed by atoms with E-state index in [-0.39, 0.29) is 22.0 Å². The minimum absolute atomic E-state index is 0.00729. The van der Waals surface area contributed by atoms with E-state index in [1.165, 1.54) is 26.1 Å². The molecule has 2 amide bonds. The molecule has 0 radical (unpaired) electrons. The van der Waals surface area contributed by atoms with E-state index in [1.807, 2.05) is 0 Å². The fourth-order valence-corrected chi connectivity index (χ4v) is 3.86. The van der Waals surface area contributed by atoms with Crippen molar-refractivity contribution in [1.29, 1.82) is 0 Å². The molecule has 0 atom stereocenters. The van der Waals surface area contributed by atoms with Gasteiger partial charge >= 0.3 is 12.4 Å². The summed E-state index contributed by atoms with van der Waals surface area (Å²) in [5.41, 5.74) is -1.61. The predicted octanol–water partition coefficient (Wildman–Crippen LogP) is 3.91. The highest BCUT2D eigenvalue weighted by molar-refractivity contribution is 6.31. The molecule has 11 nitrogen and oxygen atoms in total. The van der Waals surface area contributed by atoms with E-state index in [0.29, 0.717) is 21.1 Å². The second kappa shape index (κ2) is 10.6. The average molecular weight is 588 g/mol. The van der Waals surface area contributed by atoms with Gasteiger partial charge in [0.25, 0.3) is 17.6 Å². The van der Waals surface area contributed by atoms with Gasteiger partial charge in [0.15, 0.2) is 5.82 Å². The molecule has 0 aliphatic rings. The molecular weight excluding hydrogens is 572 g/mol. The Kier molecular flexibility index (Phi) is 7.51. The monoisotopic (exact) mass is 587 g/mol. The van der Waals surface area contributed by atoms with E-state index in [0.717, 1.165) is 18.3 Å². The lowest BCUT2D eigenvalue weighted by molar-refractivity contribution is -0.145. The first kappa shape index (κ1) is 28.5. The summed E-state index contributed by atoms with van der Waals surface area (Å²) in [7, 11) is 1.34. The number of tetrazole rings is 1. The number of rotatable bonds is 6. The van der Waals surface area contributed by atoms with Gasteiger partial charge < -0.3 is 10.6 Å². The Morgan fingerprint density at radius 2 is 1.75 bits per heavy atom. The quantitative estimate of drug-likeness (QED) is 0.327. The number of amides is 2. The molecule has 0 saturated heterocycles. The van der Waals surface area contributed by atoms with Gasteiger partial charge in [0, 0.05) is 18.3 Å². The predicted molar refractivity (Wildman–Crippen MR) is 126 cm³/mol. The first-order chi connectivity index (χ1) is 18.7. The zero-order chi connectivity index (χ0) is 29.4. The van der Waals surface area contributed by atoms with Gasteiger partial charge in [-0.15, -0.1) is 10.2 Å². The number of anilines is 1. The third kappa shape index (κ3) is 5.88. The number of halogens is 7. The molecule has 0 unspecified atom stereocenters. The van der Waals surface area contributed by atoms with Crippen LogP contribution in [0.25, 0.3) is 5.82 Å². The van der Waals surface area contributed by atoms with Crippen LogP contribution < -0.4 is 10.6 Å². The lowest BCUT2D eigenvalue weighted by Gasteiger charge is -2.16. The fraction of sp³-hybridized carbons (Fsp3) is 0.227. The van der Waals surface area contributed by atoms with Crippen molar-refractivity contribution < 1.29 is 35.9 Å². The summed E-state index contributed by atoms with van der Waals surface area (Å²) in [5.74, 6) is -3.96. The van der Waals surface area contributed by atoms with Gasteiger partial charge in [-0.2, -0.15) is 36.2 Å². The molecule has 4 aromatic rings. The number of pyridine rings is 1. The molecule has 18 heteroatoms. The summed E-state index contributed by atoms with van der Waals surface area (Å²) in [6.07, 6.45) is -8.76. The molecule has 0 aliphatic carbocycles. The molecule has 0 aliphatic heterocycles. The zero-order valence-electron chi connectivity index (χ0n) is 20.3. The van der Waals surface area contributed by atoms with Crippen molar-refractivity contribution >= 4 is 29.1 Å². The van der Waals surface area contributed by atoms with Crippen LogP contribution in [0.5, 0.6) is 0 Å². The summed E-state index contributed by atoms with van der Waals surface area (Å²) in [5, 5.41) is 18.4. The van der Waals surface area contributed by atoms with Crippen molar-refractivity contribution in [3.8, 4) is 5.82 Å². The Morgan fingerprint density at radius 3 is 2.38 bits per heavy atom. The van der Waals surface area contributed by atoms with E-state index < -0.39 is 53.6 Å². The van der Waals surface area contributed by atoms with Crippen LogP contribution in [0.15, 0.2) is 36.5 Å². The topological polar surface area (TPSA) is 133 Å². The fourth-order valence-electron chi connectivity index (χ4n) is 3.59. The molecule has 40 heavy (non-hydrogen) atoms. The maximum Gasteiger partial charge on any atom is 0.455 e. The van der Waals surface area contributed by atoms with Crippen LogP contribution in [0.4, 0.5) is 32.0 Å². The van der Waals surface area contributed by atoms with Crippen molar-refractivity contribution in [2.75, 3.05) is 12.4 Å². The first-order valence-electron chi connectivity index (χ1n) is 11.0. The van der Waals surface area contributed by atoms with Gasteiger partial charge in [-0.1, -0.05) is 11.6 Å². The van der Waals surface area contributed by atoms with Crippen molar-refractivity contribution in [2.45, 2.75) is 25.8 Å². The lowest BCUT2D eigenvalue weighted by Crippen LogP contribution is -2.24. The summed E-state index contributed by atoms with van der Waals surface area (Å²) in [6.45, 7) is 0.944. The number of alkyl halides is 6. The molecule has 210 valence electrons. The van der Waals surface area contributed by atoms with Crippen LogP contribution in [0.2, 0.25) is 5.02 Å². The maximum absolute atomic E-state index is 13.8. The minimum atomic E-state index is -4.91. The number of aryl methyl sites for hydroxylation is 1. The van der Waals surface area contributed by atoms with Crippen molar-refractivity contribution in [3.63, 3.8) is 0 Å². The van der Waals surface area contributed by atoms with Gasteiger partial charge in [0.2, 0.25) is 0 Å². The molecule has 2 N–H and O–H groups in total. The summed E-state index contributed by atoms with van der Waals surface area (Å²) < 4.78 is 80.5. The Hall–Kier alpha value is -4.54. The Labute approximate surface area is 225 Å². The van der Waals surface area contributed by atoms with Crippen molar-refractivity contribution in [2.24, 2.45) is 0 Å². The Bertz CT molecular complexity index is 1600. The summed E-state index contributed by atoms with van der Waals surface area (Å²) >= 11 is 6.04. The average Bonchev–Trinajstić information content (AvgIpc) is 3.52. The van der Waals surface area contributed by atoms with Crippen LogP contribution in [-0.4, -0.2) is 53.8 Å². The normalized spacial score (nSPS) is 11.9. The third-order valence-electron chi connectivity index (χ3n) is 5.31. The van der Waals surface area contributed by atoms with Crippen LogP contribution in [0, 0.1) is 6.92 Å². The van der Waals surface area contributed by atoms with Gasteiger partial charge in [-0.05, 0) is 48.0 Å². The summed E-state index contributed by atoms with van der Waals surface area (Å²) in [4.78, 5) is 30.1. The van der Waals surface area contributed by atoms with E-state index in [9.17, 15) is 35.9 Å². The highest BCUT2D eigenvalue weighted by Gasteiger charge is 2.38. The zero-order valence-corrected chi connectivity index (χ0v) is 21.0. The third-order valence-corrected chi connectivity index (χ3v) is 5.52. The second-order valence-electron chi connectivity index (χ2n) is 8.12. The number of benzene rings is 1. The SMILES string of the molecule is CNC(=O)c1cc(Cl)cc(C)c1NC(=O)c1cc(Cn2nnc(C(F)(F)F)n2)nn1-c1ncccc1C(F)(F)F. The van der Waals surface area contributed by atoms with E-state index in [1.54, 1.807) is 0 Å². The lowest BCUT2D eigenvalue weighted by atomic mass is 10.1. The van der Waals surface area contributed by atoms with Gasteiger partial charge in [-0.25, -0.2) is 9.67 Å². The second-order valence-corrected chi connectivity index (χ2v) is 8.56. The van der Waals surface area contributed by atoms with Crippen molar-refractivity contribution in [3.05, 3.63) is 75.5 Å². The molecule has 0 saturated carbocycles. The minimum Gasteiger partial charge on any atom is -0.355 e. The smallest absolute Gasteiger partial charge is 0.355 e. The number of hydrogen-bond donors (Lipinski definition) is 2. The molecule has 0 fully saturated rings. The first-order valence-corrected chi connectivity index (χ1v) is 11.4. The molecule has 3 aromatic heterocycles.